The van der Waals surface area contributed by atoms with E-state index in [1.807, 2.05) is 6.07 Å². The van der Waals surface area contributed by atoms with Crippen LogP contribution in [0, 0.1) is 29.1 Å². The summed E-state index contributed by atoms with van der Waals surface area (Å²) in [5.74, 6) is 3.77. The monoisotopic (exact) mass is 731 g/mol. The van der Waals surface area contributed by atoms with Gasteiger partial charge in [0.1, 0.15) is 16.8 Å². The Hall–Kier alpha value is -6.26. The maximum absolute atomic E-state index is 6.70. The molecule has 15 rings (SSSR count). The van der Waals surface area contributed by atoms with Crippen LogP contribution in [0.25, 0.3) is 93.8 Å². The van der Waals surface area contributed by atoms with Gasteiger partial charge in [0.2, 0.25) is 5.95 Å². The van der Waals surface area contributed by atoms with Gasteiger partial charge in [-0.15, -0.1) is 0 Å². The molecule has 0 aliphatic heterocycles. The van der Waals surface area contributed by atoms with Crippen LogP contribution in [0.4, 0.5) is 0 Å². The molecule has 3 bridgehead atoms. The Morgan fingerprint density at radius 2 is 1.33 bits per heavy atom. The van der Waals surface area contributed by atoms with Crippen LogP contribution in [0.15, 0.2) is 144 Å². The number of fused-ring (bicyclic) bond motifs is 19. The van der Waals surface area contributed by atoms with Crippen LogP contribution in [0.5, 0.6) is 0 Å². The van der Waals surface area contributed by atoms with Crippen LogP contribution < -0.4 is 0 Å². The fourth-order valence-corrected chi connectivity index (χ4v) is 14.4. The van der Waals surface area contributed by atoms with Crippen molar-refractivity contribution in [3.8, 4) is 28.3 Å². The van der Waals surface area contributed by atoms with E-state index < -0.39 is 0 Å². The third-order valence-electron chi connectivity index (χ3n) is 16.0. The quantitative estimate of drug-likeness (QED) is 0.178. The molecule has 2 spiro atoms. The molecule has 10 aromatic rings. The zero-order valence-corrected chi connectivity index (χ0v) is 31.4. The molecule has 4 heteroatoms. The van der Waals surface area contributed by atoms with Gasteiger partial charge in [0.25, 0.3) is 0 Å². The van der Waals surface area contributed by atoms with Crippen molar-refractivity contribution in [3.05, 3.63) is 151 Å². The fourth-order valence-electron chi connectivity index (χ4n) is 14.4. The number of benzene rings is 7. The van der Waals surface area contributed by atoms with Crippen LogP contribution in [0.1, 0.15) is 43.2 Å². The van der Waals surface area contributed by atoms with Crippen molar-refractivity contribution >= 4 is 65.4 Å². The summed E-state index contributed by atoms with van der Waals surface area (Å²) in [5, 5.41) is 8.53. The molecule has 3 heterocycles. The summed E-state index contributed by atoms with van der Waals surface area (Å²) in [6, 6.07) is 51.5. The number of para-hydroxylation sites is 1. The fraction of sp³-hybridized carbons (Fsp3) is 0.208. The molecule has 4 nitrogen and oxygen atoms in total. The summed E-state index contributed by atoms with van der Waals surface area (Å²) in [6.07, 6.45) is 7.03. The highest BCUT2D eigenvalue weighted by Gasteiger charge is 2.79. The van der Waals surface area contributed by atoms with Crippen molar-refractivity contribution in [3.63, 3.8) is 0 Å². The van der Waals surface area contributed by atoms with Crippen molar-refractivity contribution < 1.29 is 4.42 Å². The van der Waals surface area contributed by atoms with Gasteiger partial charge in [-0.05, 0) is 129 Å². The summed E-state index contributed by atoms with van der Waals surface area (Å²) >= 11 is 0. The highest BCUT2D eigenvalue weighted by Crippen LogP contribution is 2.85. The van der Waals surface area contributed by atoms with Gasteiger partial charge in [-0.1, -0.05) is 115 Å². The molecule has 5 aliphatic carbocycles. The predicted octanol–water partition coefficient (Wildman–Crippen LogP) is 13.2. The second kappa shape index (κ2) is 9.99. The Bertz CT molecular complexity index is 3430. The van der Waals surface area contributed by atoms with Gasteiger partial charge in [0.05, 0.1) is 11.0 Å². The van der Waals surface area contributed by atoms with E-state index in [9.17, 15) is 0 Å². The lowest BCUT2D eigenvalue weighted by atomic mass is 9.38. The van der Waals surface area contributed by atoms with Gasteiger partial charge in [-0.3, -0.25) is 4.57 Å². The molecule has 7 aromatic carbocycles. The lowest BCUT2D eigenvalue weighted by molar-refractivity contribution is -0.0814. The van der Waals surface area contributed by atoms with Crippen molar-refractivity contribution in [1.29, 1.82) is 0 Å². The molecule has 3 aromatic heterocycles. The van der Waals surface area contributed by atoms with E-state index in [2.05, 4.69) is 138 Å². The van der Waals surface area contributed by atoms with Crippen LogP contribution >= 0.6 is 0 Å². The van der Waals surface area contributed by atoms with Gasteiger partial charge in [0, 0.05) is 27.1 Å². The van der Waals surface area contributed by atoms with Gasteiger partial charge in [-0.2, -0.15) is 0 Å². The van der Waals surface area contributed by atoms with Crippen LogP contribution in [0.3, 0.4) is 0 Å². The molecule has 0 radical (unpaired) electrons. The number of furan rings is 1. The average molecular weight is 732 g/mol. The number of hydrogen-bond donors (Lipinski definition) is 0. The van der Waals surface area contributed by atoms with E-state index in [1.165, 1.54) is 81.1 Å². The molecule has 4 atom stereocenters. The summed E-state index contributed by atoms with van der Waals surface area (Å²) in [5.41, 5.74) is 13.2. The van der Waals surface area contributed by atoms with E-state index in [0.717, 1.165) is 50.7 Å². The highest BCUT2D eigenvalue weighted by atomic mass is 16.3. The molecular weight excluding hydrogens is 695 g/mol. The first kappa shape index (κ1) is 30.0. The molecule has 4 unspecified atom stereocenters. The Morgan fingerprint density at radius 1 is 0.596 bits per heavy atom. The normalized spacial score (nSPS) is 26.4. The van der Waals surface area contributed by atoms with E-state index in [4.69, 9.17) is 14.4 Å². The SMILES string of the molecule is c1ccc2c(c1)-c1ccc3c4c5ccccc5ccc4n(-c4nc(-c5ccc6ccccc6c5)c5oc6ccccc6c5n4)c3c1C21C2CC3CC4CC1C2(C3)C4. The van der Waals surface area contributed by atoms with Crippen LogP contribution in [0.2, 0.25) is 0 Å². The van der Waals surface area contributed by atoms with Gasteiger partial charge < -0.3 is 4.42 Å². The van der Waals surface area contributed by atoms with Crippen LogP contribution in [-0.4, -0.2) is 14.5 Å². The third kappa shape index (κ3) is 3.39. The van der Waals surface area contributed by atoms with E-state index in [0.29, 0.717) is 23.2 Å². The zero-order chi connectivity index (χ0) is 36.8. The molecule has 4 saturated carbocycles. The number of nitrogens with zero attached hydrogens (tertiary/aromatic N) is 3. The predicted molar refractivity (Wildman–Crippen MR) is 230 cm³/mol. The molecule has 0 amide bonds. The number of hydrogen-bond acceptors (Lipinski definition) is 3. The minimum atomic E-state index is -0.00903. The molecule has 0 N–H and O–H groups in total. The number of aromatic nitrogens is 3. The maximum Gasteiger partial charge on any atom is 0.236 e. The molecule has 5 aliphatic rings. The van der Waals surface area contributed by atoms with Gasteiger partial charge in [-0.25, -0.2) is 9.97 Å². The largest absolute Gasteiger partial charge is 0.452 e. The van der Waals surface area contributed by atoms with Crippen molar-refractivity contribution in [1.82, 2.24) is 14.5 Å². The van der Waals surface area contributed by atoms with E-state index in [1.54, 1.807) is 11.1 Å². The summed E-state index contributed by atoms with van der Waals surface area (Å²) < 4.78 is 9.19. The van der Waals surface area contributed by atoms with Crippen molar-refractivity contribution in [2.24, 2.45) is 29.1 Å². The minimum absolute atomic E-state index is 0.00903. The Kier molecular flexibility index (Phi) is 5.25. The average Bonchev–Trinajstić information content (AvgIpc) is 4.01. The van der Waals surface area contributed by atoms with Gasteiger partial charge in [0.15, 0.2) is 5.58 Å². The van der Waals surface area contributed by atoms with E-state index >= 15 is 0 Å². The summed E-state index contributed by atoms with van der Waals surface area (Å²) in [7, 11) is 0. The molecule has 57 heavy (non-hydrogen) atoms. The van der Waals surface area contributed by atoms with Gasteiger partial charge >= 0.3 is 0 Å². The molecule has 0 saturated heterocycles. The van der Waals surface area contributed by atoms with E-state index in [-0.39, 0.29) is 5.41 Å². The first-order chi connectivity index (χ1) is 28.2. The lowest BCUT2D eigenvalue weighted by Crippen LogP contribution is -2.62. The molecule has 270 valence electrons. The first-order valence-corrected chi connectivity index (χ1v) is 21.0. The lowest BCUT2D eigenvalue weighted by Gasteiger charge is -2.64. The van der Waals surface area contributed by atoms with Crippen molar-refractivity contribution in [2.75, 3.05) is 0 Å². The molecule has 4 fully saturated rings. The highest BCUT2D eigenvalue weighted by molar-refractivity contribution is 6.23. The zero-order valence-electron chi connectivity index (χ0n) is 31.4. The van der Waals surface area contributed by atoms with Crippen LogP contribution in [-0.2, 0) is 5.41 Å². The Morgan fingerprint density at radius 3 is 2.21 bits per heavy atom. The standard InChI is InChI=1S/C53H37N3O/c1-2-11-33-26-34(18-17-31(33)9-1)47-50-48(38-14-6-8-16-42(38)57-50)55-51(54-47)56-41-22-19-32-10-3-4-12-35(32)45(41)39-21-20-37-36-13-5-7-15-40(36)53(46(37)49(39)56)43-24-29-23-30-25-44(53)52(43,27-29)28-30/h1-22,26,29-30,43-44H,23-25,27-28H2. The first-order valence-electron chi connectivity index (χ1n) is 21.0. The summed E-state index contributed by atoms with van der Waals surface area (Å²) in [6.45, 7) is 0. The second-order valence-corrected chi connectivity index (χ2v) is 18.2. The smallest absolute Gasteiger partial charge is 0.236 e. The Balaban J connectivity index is 1.12. The number of rotatable bonds is 2. The maximum atomic E-state index is 6.70. The third-order valence-corrected chi connectivity index (χ3v) is 16.0. The summed E-state index contributed by atoms with van der Waals surface area (Å²) in [4.78, 5) is 11.3. The Labute approximate surface area is 328 Å². The minimum Gasteiger partial charge on any atom is -0.452 e. The molecular formula is C53H37N3O. The van der Waals surface area contributed by atoms with Crippen molar-refractivity contribution in [2.45, 2.75) is 37.5 Å². The second-order valence-electron chi connectivity index (χ2n) is 18.2. The topological polar surface area (TPSA) is 43.9 Å².